The highest BCUT2D eigenvalue weighted by Crippen LogP contribution is 2.29. The molecule has 3 rings (SSSR count). The molecule has 2 aromatic rings. The molecule has 0 spiro atoms. The highest BCUT2D eigenvalue weighted by atomic mass is 79.9. The lowest BCUT2D eigenvalue weighted by Crippen LogP contribution is -2.46. The number of hydrogen-bond acceptors (Lipinski definition) is 4. The Hall–Kier alpha value is -1.72. The van der Waals surface area contributed by atoms with Crippen molar-refractivity contribution in [2.45, 2.75) is 6.54 Å². The summed E-state index contributed by atoms with van der Waals surface area (Å²) >= 11 is 3.55. The molecule has 2 aromatic carbocycles. The van der Waals surface area contributed by atoms with Crippen molar-refractivity contribution in [2.75, 3.05) is 45.3 Å². The third-order valence-corrected chi connectivity index (χ3v) is 4.93. The van der Waals surface area contributed by atoms with Gasteiger partial charge in [-0.05, 0) is 30.3 Å². The Balaban J connectivity index is 1.64. The largest absolute Gasteiger partial charge is 0.496 e. The number of piperazine rings is 1. The fourth-order valence-corrected chi connectivity index (χ4v) is 3.56. The third-order valence-electron chi connectivity index (χ3n) is 4.43. The molecule has 1 aliphatic rings. The Labute approximate surface area is 152 Å². The highest BCUT2D eigenvalue weighted by Gasteiger charge is 2.20. The Morgan fingerprint density at radius 1 is 0.917 bits per heavy atom. The maximum Gasteiger partial charge on any atom is 0.142 e. The molecular formula is C19H23BrN2O2. The van der Waals surface area contributed by atoms with E-state index < -0.39 is 0 Å². The van der Waals surface area contributed by atoms with Gasteiger partial charge in [-0.2, -0.15) is 0 Å². The van der Waals surface area contributed by atoms with E-state index in [2.05, 4.69) is 43.9 Å². The first-order valence-electron chi connectivity index (χ1n) is 8.14. The molecule has 4 nitrogen and oxygen atoms in total. The Morgan fingerprint density at radius 3 is 2.33 bits per heavy atom. The predicted molar refractivity (Wildman–Crippen MR) is 101 cm³/mol. The topological polar surface area (TPSA) is 24.9 Å². The standard InChI is InChI=1S/C19H23BrN2O2/c1-23-18-8-7-16(20)13-15(18)14-21-9-11-22(12-10-21)17-5-3-4-6-19(17)24-2/h3-8,13H,9-12,14H2,1-2H3. The summed E-state index contributed by atoms with van der Waals surface area (Å²) in [6.45, 7) is 4.94. The van der Waals surface area contributed by atoms with Crippen LogP contribution in [0, 0.1) is 0 Å². The quantitative estimate of drug-likeness (QED) is 0.775. The first-order chi connectivity index (χ1) is 11.7. The Kier molecular flexibility index (Phi) is 5.63. The summed E-state index contributed by atoms with van der Waals surface area (Å²) in [7, 11) is 3.46. The van der Waals surface area contributed by atoms with Gasteiger partial charge in [-0.25, -0.2) is 0 Å². The summed E-state index contributed by atoms with van der Waals surface area (Å²) in [4.78, 5) is 4.86. The average molecular weight is 391 g/mol. The summed E-state index contributed by atoms with van der Waals surface area (Å²) in [5, 5.41) is 0. The fourth-order valence-electron chi connectivity index (χ4n) is 3.15. The third kappa shape index (κ3) is 3.84. The number of methoxy groups -OCH3 is 2. The molecule has 0 bridgehead atoms. The van der Waals surface area contributed by atoms with Gasteiger partial charge in [-0.15, -0.1) is 0 Å². The second-order valence-electron chi connectivity index (χ2n) is 5.89. The molecule has 0 amide bonds. The lowest BCUT2D eigenvalue weighted by atomic mass is 10.1. The van der Waals surface area contributed by atoms with Gasteiger partial charge in [0, 0.05) is 42.8 Å². The molecule has 0 atom stereocenters. The SMILES string of the molecule is COc1ccc(Br)cc1CN1CCN(c2ccccc2OC)CC1. The van der Waals surface area contributed by atoms with Crippen LogP contribution in [0.3, 0.4) is 0 Å². The maximum atomic E-state index is 5.49. The van der Waals surface area contributed by atoms with Crippen molar-refractivity contribution in [1.29, 1.82) is 0 Å². The van der Waals surface area contributed by atoms with Crippen LogP contribution in [0.5, 0.6) is 11.5 Å². The zero-order chi connectivity index (χ0) is 16.9. The van der Waals surface area contributed by atoms with Crippen molar-refractivity contribution in [3.63, 3.8) is 0 Å². The van der Waals surface area contributed by atoms with Gasteiger partial charge in [-0.3, -0.25) is 4.90 Å². The molecule has 1 heterocycles. The summed E-state index contributed by atoms with van der Waals surface area (Å²) < 4.78 is 12.1. The van der Waals surface area contributed by atoms with Gasteiger partial charge in [0.05, 0.1) is 19.9 Å². The number of nitrogens with zero attached hydrogens (tertiary/aromatic N) is 2. The van der Waals surface area contributed by atoms with E-state index in [1.54, 1.807) is 14.2 Å². The smallest absolute Gasteiger partial charge is 0.142 e. The maximum absolute atomic E-state index is 5.49. The monoisotopic (exact) mass is 390 g/mol. The highest BCUT2D eigenvalue weighted by molar-refractivity contribution is 9.10. The molecule has 1 fully saturated rings. The van der Waals surface area contributed by atoms with Crippen LogP contribution in [-0.2, 0) is 6.54 Å². The van der Waals surface area contributed by atoms with E-state index in [9.17, 15) is 0 Å². The van der Waals surface area contributed by atoms with Gasteiger partial charge in [0.2, 0.25) is 0 Å². The minimum atomic E-state index is 0.905. The lowest BCUT2D eigenvalue weighted by Gasteiger charge is -2.36. The number of para-hydroxylation sites is 2. The van der Waals surface area contributed by atoms with E-state index in [4.69, 9.17) is 9.47 Å². The van der Waals surface area contributed by atoms with Crippen LogP contribution in [-0.4, -0.2) is 45.3 Å². The molecule has 1 aliphatic heterocycles. The molecular weight excluding hydrogens is 368 g/mol. The molecule has 0 unspecified atom stereocenters. The molecule has 0 aliphatic carbocycles. The molecule has 5 heteroatoms. The lowest BCUT2D eigenvalue weighted by molar-refractivity contribution is 0.245. The van der Waals surface area contributed by atoms with E-state index in [0.717, 1.165) is 48.7 Å². The van der Waals surface area contributed by atoms with Crippen LogP contribution in [0.4, 0.5) is 5.69 Å². The summed E-state index contributed by atoms with van der Waals surface area (Å²) in [5.41, 5.74) is 2.40. The molecule has 0 saturated carbocycles. The zero-order valence-corrected chi connectivity index (χ0v) is 15.8. The second kappa shape index (κ2) is 7.90. The fraction of sp³-hybridized carbons (Fsp3) is 0.368. The van der Waals surface area contributed by atoms with E-state index in [-0.39, 0.29) is 0 Å². The van der Waals surface area contributed by atoms with Crippen LogP contribution >= 0.6 is 15.9 Å². The van der Waals surface area contributed by atoms with Gasteiger partial charge >= 0.3 is 0 Å². The van der Waals surface area contributed by atoms with Crippen LogP contribution in [0.1, 0.15) is 5.56 Å². The molecule has 0 radical (unpaired) electrons. The van der Waals surface area contributed by atoms with Crippen molar-refractivity contribution in [2.24, 2.45) is 0 Å². The number of rotatable bonds is 5. The molecule has 0 aromatic heterocycles. The van der Waals surface area contributed by atoms with Gasteiger partial charge in [0.25, 0.3) is 0 Å². The van der Waals surface area contributed by atoms with Gasteiger partial charge in [0.15, 0.2) is 0 Å². The molecule has 0 N–H and O–H groups in total. The molecule has 1 saturated heterocycles. The normalized spacial score (nSPS) is 15.4. The number of benzene rings is 2. The van der Waals surface area contributed by atoms with Crippen molar-refractivity contribution >= 4 is 21.6 Å². The van der Waals surface area contributed by atoms with E-state index in [1.165, 1.54) is 11.3 Å². The summed E-state index contributed by atoms with van der Waals surface area (Å²) in [5.74, 6) is 1.89. The van der Waals surface area contributed by atoms with Gasteiger partial charge in [-0.1, -0.05) is 28.1 Å². The van der Waals surface area contributed by atoms with Crippen LogP contribution in [0.25, 0.3) is 0 Å². The van der Waals surface area contributed by atoms with Crippen LogP contribution < -0.4 is 14.4 Å². The van der Waals surface area contributed by atoms with Gasteiger partial charge in [0.1, 0.15) is 11.5 Å². The Morgan fingerprint density at radius 2 is 1.62 bits per heavy atom. The minimum absolute atomic E-state index is 0.905. The van der Waals surface area contributed by atoms with Crippen LogP contribution in [0.2, 0.25) is 0 Å². The van der Waals surface area contributed by atoms with Crippen molar-refractivity contribution in [1.82, 2.24) is 4.90 Å². The zero-order valence-electron chi connectivity index (χ0n) is 14.2. The number of hydrogen-bond donors (Lipinski definition) is 0. The Bertz CT molecular complexity index is 685. The first kappa shape index (κ1) is 17.1. The first-order valence-corrected chi connectivity index (χ1v) is 8.93. The second-order valence-corrected chi connectivity index (χ2v) is 6.81. The molecule has 128 valence electrons. The molecule has 24 heavy (non-hydrogen) atoms. The summed E-state index contributed by atoms with van der Waals surface area (Å²) in [6.07, 6.45) is 0. The van der Waals surface area contributed by atoms with Crippen molar-refractivity contribution in [3.8, 4) is 11.5 Å². The van der Waals surface area contributed by atoms with E-state index >= 15 is 0 Å². The van der Waals surface area contributed by atoms with Crippen LogP contribution in [0.15, 0.2) is 46.9 Å². The summed E-state index contributed by atoms with van der Waals surface area (Å²) in [6, 6.07) is 14.4. The van der Waals surface area contributed by atoms with Crippen molar-refractivity contribution < 1.29 is 9.47 Å². The average Bonchev–Trinajstić information content (AvgIpc) is 2.62. The van der Waals surface area contributed by atoms with Crippen molar-refractivity contribution in [3.05, 3.63) is 52.5 Å². The van der Waals surface area contributed by atoms with E-state index in [1.807, 2.05) is 24.3 Å². The number of anilines is 1. The van der Waals surface area contributed by atoms with E-state index in [0.29, 0.717) is 0 Å². The minimum Gasteiger partial charge on any atom is -0.496 e. The number of halogens is 1. The predicted octanol–water partition coefficient (Wildman–Crippen LogP) is 3.79. The number of ether oxygens (including phenoxy) is 2. The van der Waals surface area contributed by atoms with Gasteiger partial charge < -0.3 is 14.4 Å².